The molecule has 1 atom stereocenters. The van der Waals surface area contributed by atoms with E-state index >= 15 is 0 Å². The summed E-state index contributed by atoms with van der Waals surface area (Å²) in [7, 11) is -2.89. The van der Waals surface area contributed by atoms with Crippen molar-refractivity contribution >= 4 is 9.84 Å². The van der Waals surface area contributed by atoms with E-state index in [9.17, 15) is 8.42 Å². The molecule has 0 amide bonds. The fourth-order valence-electron chi connectivity index (χ4n) is 2.75. The second-order valence-corrected chi connectivity index (χ2v) is 7.72. The van der Waals surface area contributed by atoms with Crippen molar-refractivity contribution in [3.05, 3.63) is 36.2 Å². The lowest BCUT2D eigenvalue weighted by atomic mass is 10.2. The molecule has 0 spiro atoms. The Balaban J connectivity index is 1.71. The molecule has 1 fully saturated rings. The quantitative estimate of drug-likeness (QED) is 0.835. The van der Waals surface area contributed by atoms with Gasteiger partial charge in [-0.1, -0.05) is 25.1 Å². The van der Waals surface area contributed by atoms with Gasteiger partial charge in [-0.25, -0.2) is 8.42 Å². The maximum absolute atomic E-state index is 11.6. The Morgan fingerprint density at radius 3 is 2.68 bits per heavy atom. The molecule has 118 valence electrons. The maximum Gasteiger partial charge on any atom is 0.247 e. The summed E-state index contributed by atoms with van der Waals surface area (Å²) < 4.78 is 28.9. The topological polar surface area (TPSA) is 76.3 Å². The molecule has 7 heteroatoms. The molecular weight excluding hydrogens is 302 g/mol. The normalized spacial score (nSPS) is 20.5. The lowest BCUT2D eigenvalue weighted by Gasteiger charge is -2.24. The Labute approximate surface area is 130 Å². The number of aromatic nitrogens is 2. The summed E-state index contributed by atoms with van der Waals surface area (Å²) in [6, 6.07) is 9.64. The summed E-state index contributed by atoms with van der Waals surface area (Å²) in [5.41, 5.74) is 0.882. The van der Waals surface area contributed by atoms with E-state index in [0.29, 0.717) is 24.7 Å². The predicted molar refractivity (Wildman–Crippen MR) is 82.9 cm³/mol. The molecule has 0 radical (unpaired) electrons. The molecule has 1 aromatic heterocycles. The molecule has 0 N–H and O–H groups in total. The molecule has 22 heavy (non-hydrogen) atoms. The van der Waals surface area contributed by atoms with E-state index in [1.165, 1.54) is 0 Å². The number of rotatable bonds is 5. The van der Waals surface area contributed by atoms with Gasteiger partial charge >= 0.3 is 0 Å². The van der Waals surface area contributed by atoms with Crippen molar-refractivity contribution in [1.82, 2.24) is 15.1 Å². The monoisotopic (exact) mass is 321 g/mol. The Morgan fingerprint density at radius 1 is 1.27 bits per heavy atom. The van der Waals surface area contributed by atoms with Crippen LogP contribution in [0.5, 0.6) is 0 Å². The Bertz CT molecular complexity index is 728. The van der Waals surface area contributed by atoms with Crippen LogP contribution >= 0.6 is 0 Å². The summed E-state index contributed by atoms with van der Waals surface area (Å²) in [6.45, 7) is 3.25. The molecule has 0 saturated carbocycles. The molecule has 6 nitrogen and oxygen atoms in total. The molecule has 0 aliphatic carbocycles. The van der Waals surface area contributed by atoms with Gasteiger partial charge in [0.15, 0.2) is 9.84 Å². The highest BCUT2D eigenvalue weighted by Crippen LogP contribution is 2.21. The van der Waals surface area contributed by atoms with Crippen LogP contribution in [-0.4, -0.2) is 47.6 Å². The highest BCUT2D eigenvalue weighted by molar-refractivity contribution is 7.91. The molecule has 2 heterocycles. The van der Waals surface area contributed by atoms with Gasteiger partial charge in [-0.05, 0) is 25.1 Å². The average Bonchev–Trinajstić information content (AvgIpc) is 3.12. The van der Waals surface area contributed by atoms with Gasteiger partial charge in [0.25, 0.3) is 0 Å². The van der Waals surface area contributed by atoms with Crippen molar-refractivity contribution in [3.63, 3.8) is 0 Å². The first-order valence-corrected chi connectivity index (χ1v) is 9.22. The number of hydrogen-bond acceptors (Lipinski definition) is 6. The second kappa shape index (κ2) is 6.18. The van der Waals surface area contributed by atoms with Crippen molar-refractivity contribution in [2.24, 2.45) is 0 Å². The third-order valence-corrected chi connectivity index (χ3v) is 5.71. The van der Waals surface area contributed by atoms with Crippen LogP contribution in [-0.2, 0) is 16.4 Å². The van der Waals surface area contributed by atoms with Gasteiger partial charge in [0.05, 0.1) is 18.1 Å². The van der Waals surface area contributed by atoms with Crippen LogP contribution in [0.25, 0.3) is 11.5 Å². The predicted octanol–water partition coefficient (Wildman–Crippen LogP) is 1.75. The number of sulfone groups is 1. The minimum absolute atomic E-state index is 0.0436. The van der Waals surface area contributed by atoms with Gasteiger partial charge in [0, 0.05) is 11.6 Å². The van der Waals surface area contributed by atoms with Crippen LogP contribution < -0.4 is 0 Å². The lowest BCUT2D eigenvalue weighted by Crippen LogP contribution is -2.35. The summed E-state index contributed by atoms with van der Waals surface area (Å²) in [6.07, 6.45) is 0.676. The first-order chi connectivity index (χ1) is 10.6. The van der Waals surface area contributed by atoms with E-state index in [-0.39, 0.29) is 17.5 Å². The third-order valence-electron chi connectivity index (χ3n) is 3.96. The number of nitrogens with zero attached hydrogens (tertiary/aromatic N) is 3. The standard InChI is InChI=1S/C15H19N3O3S/c1-2-18(13-8-9-22(19,20)11-13)10-14-16-17-15(21-14)12-6-4-3-5-7-12/h3-7,13H,2,8-11H2,1H3/t13-/m0/s1. The van der Waals surface area contributed by atoms with E-state index in [2.05, 4.69) is 15.1 Å². The molecule has 2 aromatic rings. The molecule has 0 bridgehead atoms. The first-order valence-electron chi connectivity index (χ1n) is 7.39. The summed E-state index contributed by atoms with van der Waals surface area (Å²) in [4.78, 5) is 2.09. The largest absolute Gasteiger partial charge is 0.419 e. The van der Waals surface area contributed by atoms with Crippen LogP contribution in [0, 0.1) is 0 Å². The van der Waals surface area contributed by atoms with Gasteiger partial charge in [-0.3, -0.25) is 4.90 Å². The van der Waals surface area contributed by atoms with Crippen molar-refractivity contribution in [1.29, 1.82) is 0 Å². The number of hydrogen-bond donors (Lipinski definition) is 0. The van der Waals surface area contributed by atoms with Crippen LogP contribution in [0.3, 0.4) is 0 Å². The Kier molecular flexibility index (Phi) is 4.26. The molecular formula is C15H19N3O3S. The maximum atomic E-state index is 11.6. The highest BCUT2D eigenvalue weighted by atomic mass is 32.2. The fourth-order valence-corrected chi connectivity index (χ4v) is 4.51. The Morgan fingerprint density at radius 2 is 2.05 bits per heavy atom. The zero-order valence-corrected chi connectivity index (χ0v) is 13.3. The van der Waals surface area contributed by atoms with Gasteiger partial charge in [-0.15, -0.1) is 10.2 Å². The van der Waals surface area contributed by atoms with E-state index in [0.717, 1.165) is 12.1 Å². The minimum atomic E-state index is -2.89. The molecule has 1 aromatic carbocycles. The van der Waals surface area contributed by atoms with Crippen molar-refractivity contribution in [2.45, 2.75) is 25.9 Å². The van der Waals surface area contributed by atoms with Crippen molar-refractivity contribution in [2.75, 3.05) is 18.1 Å². The molecule has 1 aliphatic heterocycles. The highest BCUT2D eigenvalue weighted by Gasteiger charge is 2.32. The van der Waals surface area contributed by atoms with Crippen LogP contribution in [0.2, 0.25) is 0 Å². The van der Waals surface area contributed by atoms with Gasteiger partial charge in [0.2, 0.25) is 11.8 Å². The lowest BCUT2D eigenvalue weighted by molar-refractivity contribution is 0.195. The van der Waals surface area contributed by atoms with E-state index in [1.54, 1.807) is 0 Å². The molecule has 1 saturated heterocycles. The minimum Gasteiger partial charge on any atom is -0.419 e. The van der Waals surface area contributed by atoms with Crippen LogP contribution in [0.15, 0.2) is 34.7 Å². The third kappa shape index (κ3) is 3.36. The van der Waals surface area contributed by atoms with Crippen LogP contribution in [0.1, 0.15) is 19.2 Å². The Hall–Kier alpha value is -1.73. The molecule has 1 aliphatic rings. The second-order valence-electron chi connectivity index (χ2n) is 5.49. The zero-order valence-electron chi connectivity index (χ0n) is 12.5. The molecule has 0 unspecified atom stereocenters. The SMILES string of the molecule is CCN(Cc1nnc(-c2ccccc2)o1)[C@H]1CCS(=O)(=O)C1. The van der Waals surface area contributed by atoms with Crippen molar-refractivity contribution in [3.8, 4) is 11.5 Å². The van der Waals surface area contributed by atoms with Gasteiger partial charge in [-0.2, -0.15) is 0 Å². The first kappa shape index (κ1) is 15.2. The summed E-state index contributed by atoms with van der Waals surface area (Å²) >= 11 is 0. The van der Waals surface area contributed by atoms with Crippen molar-refractivity contribution < 1.29 is 12.8 Å². The summed E-state index contributed by atoms with van der Waals surface area (Å²) in [5, 5.41) is 8.15. The van der Waals surface area contributed by atoms with Gasteiger partial charge in [0.1, 0.15) is 0 Å². The van der Waals surface area contributed by atoms with E-state index < -0.39 is 9.84 Å². The average molecular weight is 321 g/mol. The fraction of sp³-hybridized carbons (Fsp3) is 0.467. The van der Waals surface area contributed by atoms with E-state index in [1.807, 2.05) is 37.3 Å². The zero-order chi connectivity index (χ0) is 15.6. The van der Waals surface area contributed by atoms with Crippen LogP contribution in [0.4, 0.5) is 0 Å². The number of benzene rings is 1. The van der Waals surface area contributed by atoms with Gasteiger partial charge < -0.3 is 4.42 Å². The summed E-state index contributed by atoms with van der Waals surface area (Å²) in [5.74, 6) is 1.50. The smallest absolute Gasteiger partial charge is 0.247 e. The van der Waals surface area contributed by atoms with E-state index in [4.69, 9.17) is 4.42 Å². The molecule has 3 rings (SSSR count).